The van der Waals surface area contributed by atoms with Gasteiger partial charge in [-0.25, -0.2) is 0 Å². The predicted octanol–water partition coefficient (Wildman–Crippen LogP) is 3.28. The van der Waals surface area contributed by atoms with Crippen LogP contribution < -0.4 is 5.32 Å². The summed E-state index contributed by atoms with van der Waals surface area (Å²) in [4.78, 5) is 38.3. The number of amides is 3. The van der Waals surface area contributed by atoms with Crippen LogP contribution in [0.25, 0.3) is 0 Å². The molecule has 1 aromatic carbocycles. The Morgan fingerprint density at radius 1 is 1.12 bits per heavy atom. The molecule has 0 spiro atoms. The van der Waals surface area contributed by atoms with Crippen LogP contribution in [0, 0.1) is 11.8 Å². The van der Waals surface area contributed by atoms with Gasteiger partial charge >= 0.3 is 0 Å². The maximum Gasteiger partial charge on any atom is 0.288 e. The number of imide groups is 1. The zero-order valence-corrected chi connectivity index (χ0v) is 14.7. The Morgan fingerprint density at radius 2 is 1.69 bits per heavy atom. The number of carbonyl (C=O) groups excluding carboxylic acids is 3. The summed E-state index contributed by atoms with van der Waals surface area (Å²) in [6.45, 7) is 0.0514. The van der Waals surface area contributed by atoms with Crippen LogP contribution in [0.2, 0.25) is 0 Å². The molecule has 2 aliphatic rings. The first-order chi connectivity index (χ1) is 12.5. The van der Waals surface area contributed by atoms with Crippen LogP contribution in [0.15, 0.2) is 41.3 Å². The quantitative estimate of drug-likeness (QED) is 0.467. The first-order valence-electron chi connectivity index (χ1n) is 8.30. The molecular formula is C18H18F2N2O3S. The largest absolute Gasteiger partial charge is 0.326 e. The third kappa shape index (κ3) is 4.12. The SMILES string of the molecule is O=C(CCN1C(=O)[C@H]2CC=CC[C@@H]2C1=O)Nc1ccc(SC(F)F)cc1. The molecule has 1 N–H and O–H groups in total. The minimum atomic E-state index is -2.50. The van der Waals surface area contributed by atoms with E-state index in [-0.39, 0.29) is 42.5 Å². The number of carbonyl (C=O) groups is 3. The molecular weight excluding hydrogens is 362 g/mol. The van der Waals surface area contributed by atoms with Gasteiger partial charge < -0.3 is 5.32 Å². The molecule has 0 bridgehead atoms. The van der Waals surface area contributed by atoms with Gasteiger partial charge in [0, 0.05) is 23.5 Å². The number of nitrogens with one attached hydrogen (secondary N) is 1. The zero-order chi connectivity index (χ0) is 18.7. The first kappa shape index (κ1) is 18.6. The normalized spacial score (nSPS) is 22.0. The maximum atomic E-state index is 12.3. The van der Waals surface area contributed by atoms with Crippen molar-refractivity contribution in [2.45, 2.75) is 29.9 Å². The fourth-order valence-corrected chi connectivity index (χ4v) is 3.74. The molecule has 1 fully saturated rings. The van der Waals surface area contributed by atoms with Crippen molar-refractivity contribution < 1.29 is 23.2 Å². The lowest BCUT2D eigenvalue weighted by atomic mass is 9.85. The number of anilines is 1. The van der Waals surface area contributed by atoms with Gasteiger partial charge in [-0.2, -0.15) is 8.78 Å². The fourth-order valence-electron chi connectivity index (χ4n) is 3.25. The van der Waals surface area contributed by atoms with Gasteiger partial charge in [-0.1, -0.05) is 23.9 Å². The molecule has 1 aliphatic heterocycles. The molecule has 5 nitrogen and oxygen atoms in total. The van der Waals surface area contributed by atoms with E-state index in [1.165, 1.54) is 29.2 Å². The Bertz CT molecular complexity index is 710. The van der Waals surface area contributed by atoms with Crippen molar-refractivity contribution in [2.75, 3.05) is 11.9 Å². The number of likely N-dealkylation sites (tertiary alicyclic amines) is 1. The molecule has 26 heavy (non-hydrogen) atoms. The van der Waals surface area contributed by atoms with Gasteiger partial charge in [0.25, 0.3) is 5.76 Å². The van der Waals surface area contributed by atoms with Crippen LogP contribution in [0.4, 0.5) is 14.5 Å². The van der Waals surface area contributed by atoms with E-state index in [0.717, 1.165) is 0 Å². The lowest BCUT2D eigenvalue weighted by Crippen LogP contribution is -2.34. The van der Waals surface area contributed by atoms with Gasteiger partial charge in [-0.15, -0.1) is 0 Å². The Morgan fingerprint density at radius 3 is 2.23 bits per heavy atom. The number of fused-ring (bicyclic) bond motifs is 1. The van der Waals surface area contributed by atoms with Gasteiger partial charge in [-0.05, 0) is 37.1 Å². The zero-order valence-electron chi connectivity index (χ0n) is 13.9. The number of hydrogen-bond donors (Lipinski definition) is 1. The number of halogens is 2. The molecule has 8 heteroatoms. The van der Waals surface area contributed by atoms with E-state index in [1.807, 2.05) is 12.2 Å². The highest BCUT2D eigenvalue weighted by Crippen LogP contribution is 2.35. The summed E-state index contributed by atoms with van der Waals surface area (Å²) in [7, 11) is 0. The van der Waals surface area contributed by atoms with Crippen LogP contribution in [0.5, 0.6) is 0 Å². The van der Waals surface area contributed by atoms with Crippen molar-refractivity contribution in [2.24, 2.45) is 11.8 Å². The average molecular weight is 380 g/mol. The van der Waals surface area contributed by atoms with Gasteiger partial charge in [0.05, 0.1) is 11.8 Å². The van der Waals surface area contributed by atoms with Gasteiger partial charge in [0.2, 0.25) is 17.7 Å². The van der Waals surface area contributed by atoms with Crippen LogP contribution in [0.3, 0.4) is 0 Å². The Hall–Kier alpha value is -2.22. The van der Waals surface area contributed by atoms with Gasteiger partial charge in [-0.3, -0.25) is 19.3 Å². The molecule has 1 saturated heterocycles. The number of benzene rings is 1. The highest BCUT2D eigenvalue weighted by molar-refractivity contribution is 7.99. The second-order valence-corrected chi connectivity index (χ2v) is 7.25. The van der Waals surface area contributed by atoms with Crippen molar-refractivity contribution in [3.8, 4) is 0 Å². The summed E-state index contributed by atoms with van der Waals surface area (Å²) in [5.41, 5.74) is 0.477. The molecule has 2 atom stereocenters. The molecule has 0 unspecified atom stereocenters. The minimum absolute atomic E-state index is 0.00210. The van der Waals surface area contributed by atoms with E-state index in [0.29, 0.717) is 35.2 Å². The molecule has 1 aromatic rings. The summed E-state index contributed by atoms with van der Waals surface area (Å²) < 4.78 is 24.6. The standard InChI is InChI=1S/C18H18F2N2O3S/c19-18(20)26-12-7-5-11(6-8-12)21-15(23)9-10-22-16(24)13-3-1-2-4-14(13)17(22)25/h1-2,5-8,13-14,18H,3-4,9-10H2,(H,21,23)/t13-,14-/m0/s1. The van der Waals surface area contributed by atoms with Crippen molar-refractivity contribution in [3.05, 3.63) is 36.4 Å². The van der Waals surface area contributed by atoms with E-state index >= 15 is 0 Å². The topological polar surface area (TPSA) is 66.5 Å². The number of allylic oxidation sites excluding steroid dienone is 2. The molecule has 1 aliphatic carbocycles. The van der Waals surface area contributed by atoms with Crippen molar-refractivity contribution in [3.63, 3.8) is 0 Å². The Balaban J connectivity index is 1.51. The number of alkyl halides is 2. The van der Waals surface area contributed by atoms with Crippen molar-refractivity contribution in [1.29, 1.82) is 0 Å². The maximum absolute atomic E-state index is 12.3. The van der Waals surface area contributed by atoms with Crippen LogP contribution in [-0.2, 0) is 14.4 Å². The van der Waals surface area contributed by atoms with Crippen LogP contribution in [-0.4, -0.2) is 34.9 Å². The van der Waals surface area contributed by atoms with E-state index < -0.39 is 5.76 Å². The smallest absolute Gasteiger partial charge is 0.288 e. The molecule has 3 amide bonds. The van der Waals surface area contributed by atoms with E-state index in [4.69, 9.17) is 0 Å². The Labute approximate surface area is 153 Å². The lowest BCUT2D eigenvalue weighted by molar-refractivity contribution is -0.140. The molecule has 0 radical (unpaired) electrons. The highest BCUT2D eigenvalue weighted by atomic mass is 32.2. The average Bonchev–Trinajstić information content (AvgIpc) is 2.86. The van der Waals surface area contributed by atoms with Gasteiger partial charge in [0.15, 0.2) is 0 Å². The number of hydrogen-bond acceptors (Lipinski definition) is 4. The van der Waals surface area contributed by atoms with Crippen molar-refractivity contribution >= 4 is 35.2 Å². The fraction of sp³-hybridized carbons (Fsp3) is 0.389. The molecule has 138 valence electrons. The van der Waals surface area contributed by atoms with Crippen molar-refractivity contribution in [1.82, 2.24) is 4.90 Å². The molecule has 0 saturated carbocycles. The highest BCUT2D eigenvalue weighted by Gasteiger charge is 2.46. The summed E-state index contributed by atoms with van der Waals surface area (Å²) >= 11 is 0.430. The summed E-state index contributed by atoms with van der Waals surface area (Å²) in [5.74, 6) is -3.83. The minimum Gasteiger partial charge on any atom is -0.326 e. The molecule has 0 aromatic heterocycles. The molecule has 3 rings (SSSR count). The second-order valence-electron chi connectivity index (χ2n) is 6.18. The van der Waals surface area contributed by atoms with E-state index in [9.17, 15) is 23.2 Å². The Kier molecular flexibility index (Phi) is 5.70. The molecule has 1 heterocycles. The predicted molar refractivity (Wildman–Crippen MR) is 93.6 cm³/mol. The van der Waals surface area contributed by atoms with Crippen LogP contribution in [0.1, 0.15) is 19.3 Å². The van der Waals surface area contributed by atoms with E-state index in [2.05, 4.69) is 5.32 Å². The summed E-state index contributed by atoms with van der Waals surface area (Å²) in [6, 6.07) is 6.07. The monoisotopic (exact) mass is 380 g/mol. The third-order valence-electron chi connectivity index (χ3n) is 4.52. The lowest BCUT2D eigenvalue weighted by Gasteiger charge is -2.14. The third-order valence-corrected chi connectivity index (χ3v) is 5.25. The summed E-state index contributed by atoms with van der Waals surface area (Å²) in [6.07, 6.45) is 4.97. The number of rotatable bonds is 6. The number of nitrogens with zero attached hydrogens (tertiary/aromatic N) is 1. The van der Waals surface area contributed by atoms with Crippen LogP contribution >= 0.6 is 11.8 Å². The summed E-state index contributed by atoms with van der Waals surface area (Å²) in [5, 5.41) is 2.64. The second kappa shape index (κ2) is 7.99. The van der Waals surface area contributed by atoms with E-state index in [1.54, 1.807) is 0 Å². The van der Waals surface area contributed by atoms with Gasteiger partial charge in [0.1, 0.15) is 0 Å². The first-order valence-corrected chi connectivity index (χ1v) is 9.18. The number of thioether (sulfide) groups is 1.